The van der Waals surface area contributed by atoms with Gasteiger partial charge in [0.1, 0.15) is 6.04 Å². The minimum Gasteiger partial charge on any atom is -0.480 e. The summed E-state index contributed by atoms with van der Waals surface area (Å²) in [5, 5.41) is 10.9. The fourth-order valence-electron chi connectivity index (χ4n) is 1.25. The second-order valence-corrected chi connectivity index (χ2v) is 4.67. The third-order valence-electron chi connectivity index (χ3n) is 2.09. The van der Waals surface area contributed by atoms with E-state index in [9.17, 15) is 4.79 Å². The largest absolute Gasteiger partial charge is 0.480 e. The van der Waals surface area contributed by atoms with E-state index in [2.05, 4.69) is 4.99 Å². The summed E-state index contributed by atoms with van der Waals surface area (Å²) in [4.78, 5) is 16.2. The first kappa shape index (κ1) is 11.9. The summed E-state index contributed by atoms with van der Waals surface area (Å²) in [5.41, 5.74) is 0.797. The molecule has 1 heterocycles. The average molecular weight is 225 g/mol. The maximum absolute atomic E-state index is 10.9. The fraction of sp³-hybridized carbons (Fsp3) is 0.455. The van der Waals surface area contributed by atoms with Gasteiger partial charge in [-0.2, -0.15) is 0 Å². The summed E-state index contributed by atoms with van der Waals surface area (Å²) in [6.45, 7) is 5.58. The van der Waals surface area contributed by atoms with Gasteiger partial charge in [-0.15, -0.1) is 11.3 Å². The summed E-state index contributed by atoms with van der Waals surface area (Å²) in [6.07, 6.45) is 0. The summed E-state index contributed by atoms with van der Waals surface area (Å²) < 4.78 is 0. The smallest absolute Gasteiger partial charge is 0.328 e. The lowest BCUT2D eigenvalue weighted by molar-refractivity contribution is -0.139. The van der Waals surface area contributed by atoms with Gasteiger partial charge in [0.2, 0.25) is 0 Å². The Morgan fingerprint density at radius 1 is 1.53 bits per heavy atom. The topological polar surface area (TPSA) is 49.7 Å². The molecule has 0 saturated heterocycles. The average Bonchev–Trinajstić information content (AvgIpc) is 2.65. The molecule has 0 aromatic carbocycles. The molecular formula is C11H15NO2S. The fourth-order valence-corrected chi connectivity index (χ4v) is 1.93. The van der Waals surface area contributed by atoms with Crippen molar-refractivity contribution in [1.29, 1.82) is 0 Å². The maximum atomic E-state index is 10.9. The predicted octanol–water partition coefficient (Wildman–Crippen LogP) is 2.67. The Kier molecular flexibility index (Phi) is 4.03. The second-order valence-electron chi connectivity index (χ2n) is 3.72. The van der Waals surface area contributed by atoms with Gasteiger partial charge in [-0.25, -0.2) is 4.79 Å². The second kappa shape index (κ2) is 5.07. The first-order valence-electron chi connectivity index (χ1n) is 4.83. The molecule has 0 spiro atoms. The number of hydrogen-bond acceptors (Lipinski definition) is 3. The SMILES string of the molecule is CC(=NC(C(=O)O)C(C)C)c1cccs1. The van der Waals surface area contributed by atoms with E-state index in [1.165, 1.54) is 0 Å². The van der Waals surface area contributed by atoms with E-state index in [-0.39, 0.29) is 5.92 Å². The number of thiophene rings is 1. The molecule has 1 unspecified atom stereocenters. The van der Waals surface area contributed by atoms with E-state index < -0.39 is 12.0 Å². The number of carboxylic acids is 1. The number of carbonyl (C=O) groups is 1. The van der Waals surface area contributed by atoms with Crippen LogP contribution in [0.15, 0.2) is 22.5 Å². The van der Waals surface area contributed by atoms with Crippen molar-refractivity contribution in [2.75, 3.05) is 0 Å². The zero-order valence-corrected chi connectivity index (χ0v) is 9.91. The molecule has 1 N–H and O–H groups in total. The van der Waals surface area contributed by atoms with Gasteiger partial charge in [0, 0.05) is 10.6 Å². The monoisotopic (exact) mass is 225 g/mol. The molecule has 0 amide bonds. The van der Waals surface area contributed by atoms with Gasteiger partial charge in [0.15, 0.2) is 0 Å². The molecular weight excluding hydrogens is 210 g/mol. The van der Waals surface area contributed by atoms with Crippen LogP contribution in [0.1, 0.15) is 25.6 Å². The molecule has 0 radical (unpaired) electrons. The van der Waals surface area contributed by atoms with Gasteiger partial charge in [-0.1, -0.05) is 19.9 Å². The standard InChI is InChI=1S/C11H15NO2S/c1-7(2)10(11(13)14)12-8(3)9-5-4-6-15-9/h4-7,10H,1-3H3,(H,13,14). The van der Waals surface area contributed by atoms with Crippen LogP contribution in [0.2, 0.25) is 0 Å². The first-order chi connectivity index (χ1) is 7.02. The minimum atomic E-state index is -0.860. The lowest BCUT2D eigenvalue weighted by Crippen LogP contribution is -2.25. The number of aliphatic imine (C=N–C) groups is 1. The molecule has 0 saturated carbocycles. The van der Waals surface area contributed by atoms with Crippen LogP contribution >= 0.6 is 11.3 Å². The molecule has 0 fully saturated rings. The molecule has 0 aliphatic heterocycles. The molecule has 3 nitrogen and oxygen atoms in total. The van der Waals surface area contributed by atoms with Crippen LogP contribution in [-0.2, 0) is 4.79 Å². The van der Waals surface area contributed by atoms with Gasteiger partial charge in [0.25, 0.3) is 0 Å². The number of carboxylic acid groups (broad SMARTS) is 1. The zero-order chi connectivity index (χ0) is 11.4. The van der Waals surface area contributed by atoms with Crippen molar-refractivity contribution < 1.29 is 9.90 Å². The normalized spacial score (nSPS) is 14.3. The summed E-state index contributed by atoms with van der Waals surface area (Å²) in [7, 11) is 0. The zero-order valence-electron chi connectivity index (χ0n) is 9.10. The van der Waals surface area contributed by atoms with Crippen molar-refractivity contribution in [2.45, 2.75) is 26.8 Å². The molecule has 1 rings (SSSR count). The van der Waals surface area contributed by atoms with E-state index in [4.69, 9.17) is 5.11 Å². The molecule has 4 heteroatoms. The molecule has 0 bridgehead atoms. The third-order valence-corrected chi connectivity index (χ3v) is 3.07. The Balaban J connectivity index is 2.89. The van der Waals surface area contributed by atoms with Gasteiger partial charge < -0.3 is 5.11 Å². The van der Waals surface area contributed by atoms with Crippen molar-refractivity contribution in [3.63, 3.8) is 0 Å². The summed E-state index contributed by atoms with van der Waals surface area (Å²) in [5.74, 6) is -0.849. The van der Waals surface area contributed by atoms with Crippen molar-refractivity contribution in [3.8, 4) is 0 Å². The van der Waals surface area contributed by atoms with Crippen LogP contribution in [-0.4, -0.2) is 22.8 Å². The third kappa shape index (κ3) is 3.16. The Hall–Kier alpha value is -1.16. The number of rotatable bonds is 4. The van der Waals surface area contributed by atoms with Crippen LogP contribution in [0.25, 0.3) is 0 Å². The minimum absolute atomic E-state index is 0.0115. The highest BCUT2D eigenvalue weighted by Crippen LogP contribution is 2.13. The van der Waals surface area contributed by atoms with E-state index in [1.807, 2.05) is 38.3 Å². The van der Waals surface area contributed by atoms with Crippen molar-refractivity contribution in [1.82, 2.24) is 0 Å². The molecule has 1 atom stereocenters. The van der Waals surface area contributed by atoms with Crippen LogP contribution in [0, 0.1) is 5.92 Å². The molecule has 1 aromatic heterocycles. The van der Waals surface area contributed by atoms with Gasteiger partial charge in [0.05, 0.1) is 0 Å². The van der Waals surface area contributed by atoms with Gasteiger partial charge >= 0.3 is 5.97 Å². The summed E-state index contributed by atoms with van der Waals surface area (Å²) >= 11 is 1.57. The van der Waals surface area contributed by atoms with E-state index >= 15 is 0 Å². The van der Waals surface area contributed by atoms with Gasteiger partial charge in [-0.05, 0) is 24.3 Å². The lowest BCUT2D eigenvalue weighted by Gasteiger charge is -2.12. The highest BCUT2D eigenvalue weighted by atomic mass is 32.1. The Bertz CT molecular complexity index is 355. The number of nitrogens with zero attached hydrogens (tertiary/aromatic N) is 1. The van der Waals surface area contributed by atoms with E-state index in [0.717, 1.165) is 10.6 Å². The lowest BCUT2D eigenvalue weighted by atomic mass is 10.1. The first-order valence-corrected chi connectivity index (χ1v) is 5.71. The van der Waals surface area contributed by atoms with E-state index in [0.29, 0.717) is 0 Å². The number of hydrogen-bond donors (Lipinski definition) is 1. The molecule has 82 valence electrons. The summed E-state index contributed by atoms with van der Waals surface area (Å²) in [6, 6.07) is 3.24. The highest BCUT2D eigenvalue weighted by molar-refractivity contribution is 7.12. The van der Waals surface area contributed by atoms with Crippen molar-refractivity contribution in [2.24, 2.45) is 10.9 Å². The van der Waals surface area contributed by atoms with Crippen molar-refractivity contribution in [3.05, 3.63) is 22.4 Å². The van der Waals surface area contributed by atoms with Gasteiger partial charge in [-0.3, -0.25) is 4.99 Å². The Morgan fingerprint density at radius 2 is 2.20 bits per heavy atom. The van der Waals surface area contributed by atoms with E-state index in [1.54, 1.807) is 11.3 Å². The quantitative estimate of drug-likeness (QED) is 0.801. The predicted molar refractivity (Wildman–Crippen MR) is 62.8 cm³/mol. The Labute approximate surface area is 93.5 Å². The molecule has 0 aliphatic carbocycles. The molecule has 15 heavy (non-hydrogen) atoms. The van der Waals surface area contributed by atoms with Crippen LogP contribution in [0.3, 0.4) is 0 Å². The van der Waals surface area contributed by atoms with Crippen LogP contribution < -0.4 is 0 Å². The molecule has 0 aliphatic rings. The highest BCUT2D eigenvalue weighted by Gasteiger charge is 2.20. The van der Waals surface area contributed by atoms with Crippen LogP contribution in [0.5, 0.6) is 0 Å². The Morgan fingerprint density at radius 3 is 2.60 bits per heavy atom. The maximum Gasteiger partial charge on any atom is 0.328 e. The molecule has 1 aromatic rings. The number of aliphatic carboxylic acids is 1. The van der Waals surface area contributed by atoms with Crippen LogP contribution in [0.4, 0.5) is 0 Å². The van der Waals surface area contributed by atoms with Crippen molar-refractivity contribution >= 4 is 23.0 Å².